The van der Waals surface area contributed by atoms with Gasteiger partial charge in [0.2, 0.25) is 5.91 Å². The van der Waals surface area contributed by atoms with E-state index < -0.39 is 0 Å². The van der Waals surface area contributed by atoms with E-state index in [0.717, 1.165) is 69.9 Å². The molecule has 0 radical (unpaired) electrons. The molecule has 144 valence electrons. The molecule has 0 N–H and O–H groups in total. The molecule has 1 aromatic heterocycles. The van der Waals surface area contributed by atoms with Crippen molar-refractivity contribution in [2.24, 2.45) is 5.92 Å². The minimum atomic E-state index is -0.00862. The Morgan fingerprint density at radius 3 is 2.50 bits per heavy atom. The van der Waals surface area contributed by atoms with Crippen LogP contribution in [0.3, 0.4) is 0 Å². The number of aryl methyl sites for hydroxylation is 2. The van der Waals surface area contributed by atoms with Gasteiger partial charge in [-0.2, -0.15) is 0 Å². The molecule has 3 rings (SSSR count). The number of amides is 2. The molecule has 0 unspecified atom stereocenters. The van der Waals surface area contributed by atoms with Crippen LogP contribution in [-0.4, -0.2) is 72.8 Å². The van der Waals surface area contributed by atoms with Crippen LogP contribution in [0.4, 0.5) is 0 Å². The highest BCUT2D eigenvalue weighted by Crippen LogP contribution is 2.24. The average molecular weight is 361 g/mol. The first-order valence-corrected chi connectivity index (χ1v) is 9.76. The van der Waals surface area contributed by atoms with Crippen LogP contribution in [0.2, 0.25) is 0 Å². The zero-order chi connectivity index (χ0) is 18.7. The molecule has 0 bridgehead atoms. The predicted octanol–water partition coefficient (Wildman–Crippen LogP) is 2.30. The number of piperazine rings is 1. The van der Waals surface area contributed by atoms with Gasteiger partial charge in [-0.15, -0.1) is 0 Å². The molecule has 2 saturated heterocycles. The van der Waals surface area contributed by atoms with Gasteiger partial charge in [0.05, 0.1) is 0 Å². The maximum atomic E-state index is 12.7. The first kappa shape index (κ1) is 19.0. The summed E-state index contributed by atoms with van der Waals surface area (Å²) in [5, 5.41) is 0. The van der Waals surface area contributed by atoms with Crippen LogP contribution in [-0.2, 0) is 4.79 Å². The van der Waals surface area contributed by atoms with Crippen LogP contribution >= 0.6 is 0 Å². The van der Waals surface area contributed by atoms with Gasteiger partial charge in [0.25, 0.3) is 5.91 Å². The Balaban J connectivity index is 1.50. The summed E-state index contributed by atoms with van der Waals surface area (Å²) < 4.78 is 5.59. The molecule has 2 aliphatic heterocycles. The minimum absolute atomic E-state index is 0.00862. The van der Waals surface area contributed by atoms with E-state index in [1.165, 1.54) is 0 Å². The predicted molar refractivity (Wildman–Crippen MR) is 100 cm³/mol. The number of carbonyl (C=O) groups excluding carboxylic acids is 2. The number of likely N-dealkylation sites (tertiary alicyclic amines) is 1. The lowest BCUT2D eigenvalue weighted by molar-refractivity contribution is -0.133. The standard InChI is InChI=1S/C20H31N3O3/c1-15-13-16(2)26-19(15)20(25)23-8-4-5-17(14-23)6-7-18(24)22-11-9-21(3)10-12-22/h13,17H,4-12,14H2,1-3H3/t17-/m1/s1. The highest BCUT2D eigenvalue weighted by atomic mass is 16.4. The highest BCUT2D eigenvalue weighted by Gasteiger charge is 2.28. The third-order valence-electron chi connectivity index (χ3n) is 5.66. The van der Waals surface area contributed by atoms with Crippen molar-refractivity contribution in [2.75, 3.05) is 46.3 Å². The third-order valence-corrected chi connectivity index (χ3v) is 5.66. The van der Waals surface area contributed by atoms with Crippen molar-refractivity contribution >= 4 is 11.8 Å². The van der Waals surface area contributed by atoms with E-state index in [4.69, 9.17) is 4.42 Å². The molecule has 6 nitrogen and oxygen atoms in total. The molecule has 3 heterocycles. The zero-order valence-electron chi connectivity index (χ0n) is 16.3. The van der Waals surface area contributed by atoms with Crippen molar-refractivity contribution in [1.82, 2.24) is 14.7 Å². The van der Waals surface area contributed by atoms with Gasteiger partial charge >= 0.3 is 0 Å². The van der Waals surface area contributed by atoms with Gasteiger partial charge in [0.15, 0.2) is 5.76 Å². The molecule has 0 spiro atoms. The Bertz CT molecular complexity index is 647. The largest absolute Gasteiger partial charge is 0.456 e. The van der Waals surface area contributed by atoms with Gasteiger partial charge in [-0.25, -0.2) is 0 Å². The number of carbonyl (C=O) groups is 2. The monoisotopic (exact) mass is 361 g/mol. The molecular weight excluding hydrogens is 330 g/mol. The topological polar surface area (TPSA) is 57.0 Å². The lowest BCUT2D eigenvalue weighted by atomic mass is 9.93. The fourth-order valence-corrected chi connectivity index (χ4v) is 4.02. The highest BCUT2D eigenvalue weighted by molar-refractivity contribution is 5.93. The van der Waals surface area contributed by atoms with Crippen molar-refractivity contribution in [1.29, 1.82) is 0 Å². The van der Waals surface area contributed by atoms with Gasteiger partial charge in [-0.05, 0) is 52.1 Å². The number of likely N-dealkylation sites (N-methyl/N-ethyl adjacent to an activating group) is 1. The minimum Gasteiger partial charge on any atom is -0.456 e. The van der Waals surface area contributed by atoms with Gasteiger partial charge in [-0.3, -0.25) is 9.59 Å². The lowest BCUT2D eigenvalue weighted by Crippen LogP contribution is -2.47. The summed E-state index contributed by atoms with van der Waals surface area (Å²) in [6.45, 7) is 8.88. The smallest absolute Gasteiger partial charge is 0.289 e. The van der Waals surface area contributed by atoms with Crippen molar-refractivity contribution < 1.29 is 14.0 Å². The first-order valence-electron chi connectivity index (χ1n) is 9.76. The van der Waals surface area contributed by atoms with Gasteiger partial charge in [-0.1, -0.05) is 0 Å². The molecule has 0 aromatic carbocycles. The quantitative estimate of drug-likeness (QED) is 0.826. The zero-order valence-corrected chi connectivity index (χ0v) is 16.3. The van der Waals surface area contributed by atoms with E-state index in [1.807, 2.05) is 29.7 Å². The summed E-state index contributed by atoms with van der Waals surface area (Å²) in [6.07, 6.45) is 3.55. The van der Waals surface area contributed by atoms with Crippen LogP contribution in [0.1, 0.15) is 47.6 Å². The van der Waals surface area contributed by atoms with Crippen molar-refractivity contribution in [3.05, 3.63) is 23.2 Å². The summed E-state index contributed by atoms with van der Waals surface area (Å²) in [5.74, 6) is 1.90. The van der Waals surface area contributed by atoms with E-state index >= 15 is 0 Å². The molecule has 6 heteroatoms. The molecule has 1 aromatic rings. The Morgan fingerprint density at radius 2 is 1.85 bits per heavy atom. The summed E-state index contributed by atoms with van der Waals surface area (Å²) >= 11 is 0. The van der Waals surface area contributed by atoms with E-state index in [2.05, 4.69) is 11.9 Å². The second kappa shape index (κ2) is 8.25. The Hall–Kier alpha value is -1.82. The van der Waals surface area contributed by atoms with Crippen LogP contribution < -0.4 is 0 Å². The van der Waals surface area contributed by atoms with E-state index in [-0.39, 0.29) is 11.8 Å². The summed E-state index contributed by atoms with van der Waals surface area (Å²) in [6, 6.07) is 1.91. The van der Waals surface area contributed by atoms with Crippen molar-refractivity contribution in [3.63, 3.8) is 0 Å². The van der Waals surface area contributed by atoms with Crippen molar-refractivity contribution in [3.8, 4) is 0 Å². The number of rotatable bonds is 4. The molecule has 2 amide bonds. The van der Waals surface area contributed by atoms with E-state index in [9.17, 15) is 9.59 Å². The Morgan fingerprint density at radius 1 is 1.12 bits per heavy atom. The van der Waals surface area contributed by atoms with Crippen LogP contribution in [0.5, 0.6) is 0 Å². The lowest BCUT2D eigenvalue weighted by Gasteiger charge is -2.34. The molecule has 2 fully saturated rings. The Labute approximate surface area is 156 Å². The fourth-order valence-electron chi connectivity index (χ4n) is 4.02. The summed E-state index contributed by atoms with van der Waals surface area (Å²) in [7, 11) is 2.09. The summed E-state index contributed by atoms with van der Waals surface area (Å²) in [5.41, 5.74) is 0.903. The Kier molecular flexibility index (Phi) is 6.01. The molecule has 2 aliphatic rings. The van der Waals surface area contributed by atoms with Crippen molar-refractivity contribution in [2.45, 2.75) is 39.5 Å². The SMILES string of the molecule is Cc1cc(C)c(C(=O)N2CCC[C@H](CCC(=O)N3CCN(C)CC3)C2)o1. The average Bonchev–Trinajstić information content (AvgIpc) is 2.98. The molecule has 26 heavy (non-hydrogen) atoms. The van der Waals surface area contributed by atoms with Gasteiger partial charge in [0, 0.05) is 51.3 Å². The van der Waals surface area contributed by atoms with Gasteiger partial charge in [0.1, 0.15) is 5.76 Å². The molecule has 0 saturated carbocycles. The maximum absolute atomic E-state index is 12.7. The number of piperidine rings is 1. The molecule has 1 atom stereocenters. The van der Waals surface area contributed by atoms with E-state index in [0.29, 0.717) is 18.1 Å². The molecular formula is C20H31N3O3. The van der Waals surface area contributed by atoms with E-state index in [1.54, 1.807) is 0 Å². The third kappa shape index (κ3) is 4.47. The number of hydrogen-bond donors (Lipinski definition) is 0. The second-order valence-electron chi connectivity index (χ2n) is 7.85. The van der Waals surface area contributed by atoms with Crippen LogP contribution in [0, 0.1) is 19.8 Å². The number of hydrogen-bond acceptors (Lipinski definition) is 4. The summed E-state index contributed by atoms with van der Waals surface area (Å²) in [4.78, 5) is 31.3. The van der Waals surface area contributed by atoms with Crippen LogP contribution in [0.25, 0.3) is 0 Å². The number of nitrogens with zero attached hydrogens (tertiary/aromatic N) is 3. The second-order valence-corrected chi connectivity index (χ2v) is 7.85. The normalized spacial score (nSPS) is 21.9. The first-order chi connectivity index (χ1) is 12.4. The fraction of sp³-hybridized carbons (Fsp3) is 0.700. The molecule has 0 aliphatic carbocycles. The number of furan rings is 1. The van der Waals surface area contributed by atoms with Gasteiger partial charge < -0.3 is 19.1 Å². The maximum Gasteiger partial charge on any atom is 0.289 e. The van der Waals surface area contributed by atoms with Crippen LogP contribution in [0.15, 0.2) is 10.5 Å².